The maximum atomic E-state index is 5.40. The highest BCUT2D eigenvalue weighted by atomic mass is 16.5. The zero-order chi connectivity index (χ0) is 14.7. The van der Waals surface area contributed by atoms with E-state index >= 15 is 0 Å². The Morgan fingerprint density at radius 2 is 2.10 bits per heavy atom. The molecule has 0 bridgehead atoms. The van der Waals surface area contributed by atoms with E-state index in [0.717, 1.165) is 31.9 Å². The average Bonchev–Trinajstić information content (AvgIpc) is 2.91. The van der Waals surface area contributed by atoms with Crippen LogP contribution in [0.5, 0.6) is 0 Å². The van der Waals surface area contributed by atoms with E-state index in [4.69, 9.17) is 4.52 Å². The lowest BCUT2D eigenvalue weighted by molar-refractivity contribution is 0.123. The minimum atomic E-state index is 0.491. The van der Waals surface area contributed by atoms with Gasteiger partial charge in [-0.2, -0.15) is 4.98 Å². The zero-order valence-electron chi connectivity index (χ0n) is 12.6. The molecular weight excluding hydrogens is 264 g/mol. The standard InChI is InChI=1S/C16H22N4O/c1-12-10-20(13(2)9-17-12)11-16-18-15(19-21-16)8-14-6-4-3-5-7-14/h3-7,12-13,17H,8-11H2,1-2H3. The Hall–Kier alpha value is -1.72. The third-order valence-electron chi connectivity index (χ3n) is 3.95. The van der Waals surface area contributed by atoms with Crippen LogP contribution in [0.2, 0.25) is 0 Å². The Bertz CT molecular complexity index is 569. The molecule has 112 valence electrons. The van der Waals surface area contributed by atoms with Crippen LogP contribution < -0.4 is 5.32 Å². The summed E-state index contributed by atoms with van der Waals surface area (Å²) in [6, 6.07) is 11.2. The number of piperazine rings is 1. The fourth-order valence-corrected chi connectivity index (χ4v) is 2.70. The minimum Gasteiger partial charge on any atom is -0.338 e. The molecule has 2 aromatic rings. The second-order valence-corrected chi connectivity index (χ2v) is 5.85. The van der Waals surface area contributed by atoms with Crippen LogP contribution in [0.4, 0.5) is 0 Å². The molecule has 1 aliphatic heterocycles. The van der Waals surface area contributed by atoms with E-state index in [1.54, 1.807) is 0 Å². The smallest absolute Gasteiger partial charge is 0.240 e. The lowest BCUT2D eigenvalue weighted by Gasteiger charge is -2.36. The highest BCUT2D eigenvalue weighted by Gasteiger charge is 2.24. The Morgan fingerprint density at radius 3 is 2.90 bits per heavy atom. The van der Waals surface area contributed by atoms with Gasteiger partial charge in [0.05, 0.1) is 6.54 Å². The molecule has 2 unspecified atom stereocenters. The Balaban J connectivity index is 1.62. The highest BCUT2D eigenvalue weighted by Crippen LogP contribution is 2.12. The predicted octanol–water partition coefficient (Wildman–Crippen LogP) is 1.84. The summed E-state index contributed by atoms with van der Waals surface area (Å²) in [6.07, 6.45) is 0.720. The number of benzene rings is 1. The van der Waals surface area contributed by atoms with Crippen molar-refractivity contribution in [3.8, 4) is 0 Å². The van der Waals surface area contributed by atoms with Gasteiger partial charge >= 0.3 is 0 Å². The fraction of sp³-hybridized carbons (Fsp3) is 0.500. The van der Waals surface area contributed by atoms with Crippen LogP contribution in [-0.2, 0) is 13.0 Å². The maximum absolute atomic E-state index is 5.40. The molecule has 1 saturated heterocycles. The molecule has 0 aliphatic carbocycles. The van der Waals surface area contributed by atoms with E-state index in [9.17, 15) is 0 Å². The third-order valence-corrected chi connectivity index (χ3v) is 3.95. The van der Waals surface area contributed by atoms with Crippen molar-refractivity contribution in [3.05, 3.63) is 47.6 Å². The first-order valence-electron chi connectivity index (χ1n) is 7.53. The van der Waals surface area contributed by atoms with Crippen LogP contribution in [0.1, 0.15) is 31.1 Å². The van der Waals surface area contributed by atoms with Gasteiger partial charge in [0, 0.05) is 31.6 Å². The average molecular weight is 286 g/mol. The molecule has 5 nitrogen and oxygen atoms in total. The number of rotatable bonds is 4. The molecule has 0 saturated carbocycles. The van der Waals surface area contributed by atoms with Crippen LogP contribution in [0.3, 0.4) is 0 Å². The van der Waals surface area contributed by atoms with Gasteiger partial charge < -0.3 is 9.84 Å². The number of aromatic nitrogens is 2. The van der Waals surface area contributed by atoms with Gasteiger partial charge in [-0.15, -0.1) is 0 Å². The summed E-state index contributed by atoms with van der Waals surface area (Å²) < 4.78 is 5.40. The lowest BCUT2D eigenvalue weighted by atomic mass is 10.1. The van der Waals surface area contributed by atoms with Gasteiger partial charge in [0.15, 0.2) is 5.82 Å². The van der Waals surface area contributed by atoms with Crippen LogP contribution in [-0.4, -0.2) is 40.2 Å². The van der Waals surface area contributed by atoms with Crippen molar-refractivity contribution in [1.29, 1.82) is 0 Å². The SMILES string of the molecule is CC1CN(Cc2nc(Cc3ccccc3)no2)C(C)CN1. The maximum Gasteiger partial charge on any atom is 0.240 e. The molecule has 2 heterocycles. The third kappa shape index (κ3) is 3.68. The molecule has 1 fully saturated rings. The van der Waals surface area contributed by atoms with Crippen molar-refractivity contribution in [1.82, 2.24) is 20.4 Å². The molecule has 0 amide bonds. The Labute approximate surface area is 125 Å². The molecule has 21 heavy (non-hydrogen) atoms. The minimum absolute atomic E-state index is 0.491. The van der Waals surface area contributed by atoms with E-state index in [0.29, 0.717) is 18.0 Å². The molecular formula is C16H22N4O. The van der Waals surface area contributed by atoms with Gasteiger partial charge in [0.2, 0.25) is 5.89 Å². The summed E-state index contributed by atoms with van der Waals surface area (Å²) >= 11 is 0. The first kappa shape index (κ1) is 14.2. The van der Waals surface area contributed by atoms with E-state index < -0.39 is 0 Å². The molecule has 1 aromatic carbocycles. The molecule has 1 aliphatic rings. The van der Waals surface area contributed by atoms with Crippen LogP contribution >= 0.6 is 0 Å². The van der Waals surface area contributed by atoms with E-state index in [1.807, 2.05) is 18.2 Å². The summed E-state index contributed by atoms with van der Waals surface area (Å²) in [5.41, 5.74) is 1.20. The Kier molecular flexibility index (Phi) is 4.31. The van der Waals surface area contributed by atoms with Crippen LogP contribution in [0.25, 0.3) is 0 Å². The number of nitrogens with zero attached hydrogens (tertiary/aromatic N) is 3. The van der Waals surface area contributed by atoms with Crippen LogP contribution in [0.15, 0.2) is 34.9 Å². The lowest BCUT2D eigenvalue weighted by Crippen LogP contribution is -2.53. The van der Waals surface area contributed by atoms with E-state index in [1.165, 1.54) is 5.56 Å². The van der Waals surface area contributed by atoms with Gasteiger partial charge in [-0.25, -0.2) is 0 Å². The highest BCUT2D eigenvalue weighted by molar-refractivity contribution is 5.18. The van der Waals surface area contributed by atoms with Gasteiger partial charge in [-0.3, -0.25) is 4.90 Å². The molecule has 1 aromatic heterocycles. The summed E-state index contributed by atoms with van der Waals surface area (Å²) in [5.74, 6) is 1.47. The monoisotopic (exact) mass is 286 g/mol. The van der Waals surface area contributed by atoms with Crippen molar-refractivity contribution < 1.29 is 4.52 Å². The predicted molar refractivity (Wildman–Crippen MR) is 80.9 cm³/mol. The van der Waals surface area contributed by atoms with Crippen molar-refractivity contribution in [3.63, 3.8) is 0 Å². The first-order chi connectivity index (χ1) is 10.2. The van der Waals surface area contributed by atoms with Crippen LogP contribution in [0, 0.1) is 0 Å². The second kappa shape index (κ2) is 6.37. The van der Waals surface area contributed by atoms with Gasteiger partial charge in [-0.1, -0.05) is 35.5 Å². The van der Waals surface area contributed by atoms with Crippen molar-refractivity contribution in [2.24, 2.45) is 0 Å². The topological polar surface area (TPSA) is 54.2 Å². The fourth-order valence-electron chi connectivity index (χ4n) is 2.70. The number of hydrogen-bond donors (Lipinski definition) is 1. The summed E-state index contributed by atoms with van der Waals surface area (Å²) in [4.78, 5) is 6.91. The summed E-state index contributed by atoms with van der Waals surface area (Å²) in [5, 5.41) is 7.57. The number of hydrogen-bond acceptors (Lipinski definition) is 5. The largest absolute Gasteiger partial charge is 0.338 e. The molecule has 2 atom stereocenters. The zero-order valence-corrected chi connectivity index (χ0v) is 12.6. The van der Waals surface area contributed by atoms with Gasteiger partial charge in [-0.05, 0) is 19.4 Å². The summed E-state index contributed by atoms with van der Waals surface area (Å²) in [7, 11) is 0. The van der Waals surface area contributed by atoms with Gasteiger partial charge in [0.1, 0.15) is 0 Å². The Morgan fingerprint density at radius 1 is 1.29 bits per heavy atom. The quantitative estimate of drug-likeness (QED) is 0.929. The van der Waals surface area contributed by atoms with E-state index in [2.05, 4.69) is 46.3 Å². The molecule has 5 heteroatoms. The number of nitrogens with one attached hydrogen (secondary N) is 1. The van der Waals surface area contributed by atoms with Crippen molar-refractivity contribution in [2.75, 3.05) is 13.1 Å². The van der Waals surface area contributed by atoms with Crippen molar-refractivity contribution >= 4 is 0 Å². The first-order valence-corrected chi connectivity index (χ1v) is 7.53. The normalized spacial score (nSPS) is 23.3. The molecule has 3 rings (SSSR count). The second-order valence-electron chi connectivity index (χ2n) is 5.85. The van der Waals surface area contributed by atoms with Crippen molar-refractivity contribution in [2.45, 2.75) is 38.9 Å². The summed E-state index contributed by atoms with van der Waals surface area (Å²) in [6.45, 7) is 7.17. The molecule has 0 spiro atoms. The molecule has 1 N–H and O–H groups in total. The molecule has 0 radical (unpaired) electrons. The van der Waals surface area contributed by atoms with Gasteiger partial charge in [0.25, 0.3) is 0 Å². The van der Waals surface area contributed by atoms with E-state index in [-0.39, 0.29) is 0 Å².